The van der Waals surface area contributed by atoms with Gasteiger partial charge in [-0.3, -0.25) is 9.80 Å². The summed E-state index contributed by atoms with van der Waals surface area (Å²) >= 11 is 0. The first-order valence-corrected chi connectivity index (χ1v) is 13.7. The van der Waals surface area contributed by atoms with Gasteiger partial charge >= 0.3 is 24.1 Å². The first-order chi connectivity index (χ1) is 20.0. The highest BCUT2D eigenvalue weighted by molar-refractivity contribution is 5.83. The number of rotatable bonds is 7. The van der Waals surface area contributed by atoms with Gasteiger partial charge in [-0.1, -0.05) is 74.5 Å². The molecule has 2 saturated heterocycles. The van der Waals surface area contributed by atoms with Gasteiger partial charge in [0.2, 0.25) is 0 Å². The van der Waals surface area contributed by atoms with E-state index >= 15 is 0 Å². The minimum Gasteiger partial charge on any atom is -0.480 e. The second-order valence-corrected chi connectivity index (χ2v) is 10.1. The van der Waals surface area contributed by atoms with Crippen LogP contribution in [0.3, 0.4) is 0 Å². The number of carbonyl (C=O) groups is 4. The summed E-state index contributed by atoms with van der Waals surface area (Å²) in [5.74, 6) is -3.15. The van der Waals surface area contributed by atoms with Gasteiger partial charge in [0.05, 0.1) is 19.7 Å². The summed E-state index contributed by atoms with van der Waals surface area (Å²) in [6, 6.07) is 16.1. The molecule has 0 spiro atoms. The van der Waals surface area contributed by atoms with Crippen LogP contribution in [0.5, 0.6) is 0 Å². The summed E-state index contributed by atoms with van der Waals surface area (Å²) in [5, 5.41) is 9.09. The fraction of sp³-hybridized carbons (Fsp3) is 0.467. The molecular formula is C30H36F2N2O8. The van der Waals surface area contributed by atoms with Crippen molar-refractivity contribution in [2.75, 3.05) is 19.7 Å². The van der Waals surface area contributed by atoms with Crippen LogP contribution in [0, 0.1) is 11.8 Å². The average Bonchev–Trinajstić information content (AvgIpc) is 3.46. The van der Waals surface area contributed by atoms with Crippen molar-refractivity contribution >= 4 is 24.1 Å². The Kier molecular flexibility index (Phi) is 11.6. The minimum atomic E-state index is -1.35. The molecule has 0 bridgehead atoms. The largest absolute Gasteiger partial charge is 0.480 e. The van der Waals surface area contributed by atoms with Crippen molar-refractivity contribution in [1.29, 1.82) is 0 Å². The van der Waals surface area contributed by atoms with Gasteiger partial charge < -0.3 is 19.3 Å². The molecule has 2 amide bonds. The van der Waals surface area contributed by atoms with Crippen LogP contribution in [0.1, 0.15) is 31.9 Å². The highest BCUT2D eigenvalue weighted by atomic mass is 19.1. The van der Waals surface area contributed by atoms with Crippen LogP contribution in [0.4, 0.5) is 18.4 Å². The number of carbonyl (C=O) groups excluding carboxylic acids is 3. The number of likely N-dealkylation sites (tertiary alicyclic amines) is 2. The molecule has 2 aromatic carbocycles. The monoisotopic (exact) mass is 590 g/mol. The molecular weight excluding hydrogens is 554 g/mol. The maximum atomic E-state index is 13.9. The Hall–Kier alpha value is -4.22. The number of ether oxygens (including phenoxy) is 3. The van der Waals surface area contributed by atoms with Crippen LogP contribution in [0.15, 0.2) is 60.7 Å². The standard InChI is InChI=1S/C16H20FNO4.C14H16FNO4/c1-3-21-15(19)14-11(2)13(17)9-18(14)16(20)22-10-12-7-5-4-6-8-12;1-9-11(15)7-16(12(9)13(17)18)14(19)20-8-10-5-3-2-4-6-10/h4-8,11,13-14H,3,9-10H2,1-2H3;2-6,9,11-12H,7-8H2,1H3,(H,17,18)/t11?,13?,14-;9?,11?,12-/m00/s1. The fourth-order valence-corrected chi connectivity index (χ4v) is 4.81. The Morgan fingerprint density at radius 1 is 0.738 bits per heavy atom. The summed E-state index contributed by atoms with van der Waals surface area (Å²) in [6.45, 7) is 4.65. The minimum absolute atomic E-state index is 0.0356. The van der Waals surface area contributed by atoms with Crippen molar-refractivity contribution in [2.24, 2.45) is 11.8 Å². The lowest BCUT2D eigenvalue weighted by Gasteiger charge is -2.24. The van der Waals surface area contributed by atoms with E-state index in [1.54, 1.807) is 38.1 Å². The number of aliphatic carboxylic acids is 1. The number of alkyl halides is 2. The molecule has 0 aliphatic carbocycles. The van der Waals surface area contributed by atoms with Crippen LogP contribution in [0.25, 0.3) is 0 Å². The van der Waals surface area contributed by atoms with Gasteiger partial charge in [-0.25, -0.2) is 28.0 Å². The van der Waals surface area contributed by atoms with Crippen LogP contribution in [-0.4, -0.2) is 83.2 Å². The molecule has 4 unspecified atom stereocenters. The maximum Gasteiger partial charge on any atom is 0.410 e. The van der Waals surface area contributed by atoms with Crippen LogP contribution >= 0.6 is 0 Å². The Morgan fingerprint density at radius 3 is 1.55 bits per heavy atom. The molecule has 12 heteroatoms. The third-order valence-corrected chi connectivity index (χ3v) is 7.21. The summed E-state index contributed by atoms with van der Waals surface area (Å²) in [4.78, 5) is 49.2. The summed E-state index contributed by atoms with van der Waals surface area (Å²) in [7, 11) is 0. The van der Waals surface area contributed by atoms with Gasteiger partial charge in [-0.05, 0) is 18.1 Å². The molecule has 4 rings (SSSR count). The number of carboxylic acid groups (broad SMARTS) is 1. The molecule has 1 N–H and O–H groups in total. The molecule has 2 fully saturated rings. The SMILES string of the molecule is CC1C(F)CN(C(=O)OCc2ccccc2)[C@@H]1C(=O)O.CCOC(=O)[C@@H]1C(C)C(F)CN1C(=O)OCc1ccccc1. The first-order valence-electron chi connectivity index (χ1n) is 13.7. The maximum absolute atomic E-state index is 13.9. The second-order valence-electron chi connectivity index (χ2n) is 10.1. The van der Waals surface area contributed by atoms with E-state index in [9.17, 15) is 28.0 Å². The molecule has 0 saturated carbocycles. The fourth-order valence-electron chi connectivity index (χ4n) is 4.81. The number of halogens is 2. The normalized spacial score (nSPS) is 24.8. The average molecular weight is 591 g/mol. The number of benzene rings is 2. The van der Waals surface area contributed by atoms with E-state index in [2.05, 4.69) is 0 Å². The van der Waals surface area contributed by atoms with Crippen LogP contribution < -0.4 is 0 Å². The number of amides is 2. The van der Waals surface area contributed by atoms with E-state index in [0.29, 0.717) is 0 Å². The summed E-state index contributed by atoms with van der Waals surface area (Å²) in [5.41, 5.74) is 1.62. The highest BCUT2D eigenvalue weighted by Gasteiger charge is 2.48. The summed E-state index contributed by atoms with van der Waals surface area (Å²) < 4.78 is 42.6. The topological polar surface area (TPSA) is 123 Å². The van der Waals surface area contributed by atoms with Crippen molar-refractivity contribution in [3.8, 4) is 0 Å². The van der Waals surface area contributed by atoms with Crippen LogP contribution in [0.2, 0.25) is 0 Å². The van der Waals surface area contributed by atoms with Gasteiger partial charge in [-0.15, -0.1) is 0 Å². The van der Waals surface area contributed by atoms with E-state index in [1.807, 2.05) is 36.4 Å². The number of esters is 1. The zero-order valence-corrected chi connectivity index (χ0v) is 23.7. The Labute approximate surface area is 243 Å². The molecule has 2 aromatic rings. The van der Waals surface area contributed by atoms with Gasteiger partial charge in [-0.2, -0.15) is 0 Å². The zero-order chi connectivity index (χ0) is 30.8. The van der Waals surface area contributed by atoms with E-state index in [-0.39, 0.29) is 32.9 Å². The van der Waals surface area contributed by atoms with E-state index in [0.717, 1.165) is 20.9 Å². The first kappa shape index (κ1) is 32.3. The van der Waals surface area contributed by atoms with Crippen molar-refractivity contribution in [3.05, 3.63) is 71.8 Å². The third-order valence-electron chi connectivity index (χ3n) is 7.21. The molecule has 2 heterocycles. The van der Waals surface area contributed by atoms with E-state index < -0.39 is 60.4 Å². The Balaban J connectivity index is 0.000000231. The van der Waals surface area contributed by atoms with Crippen molar-refractivity contribution in [3.63, 3.8) is 0 Å². The van der Waals surface area contributed by atoms with Gasteiger partial charge in [0.15, 0.2) is 0 Å². The van der Waals surface area contributed by atoms with Crippen molar-refractivity contribution < 1.29 is 47.3 Å². The quantitative estimate of drug-likeness (QED) is 0.367. The van der Waals surface area contributed by atoms with E-state index in [4.69, 9.17) is 19.3 Å². The van der Waals surface area contributed by atoms with Gasteiger partial charge in [0, 0.05) is 11.8 Å². The van der Waals surface area contributed by atoms with Gasteiger partial charge in [0.1, 0.15) is 37.6 Å². The Bertz CT molecular complexity index is 1200. The molecule has 0 aromatic heterocycles. The predicted molar refractivity (Wildman–Crippen MR) is 147 cm³/mol. The third kappa shape index (κ3) is 8.17. The molecule has 228 valence electrons. The van der Waals surface area contributed by atoms with Crippen molar-refractivity contribution in [1.82, 2.24) is 9.80 Å². The second kappa shape index (κ2) is 15.1. The number of hydrogen-bond acceptors (Lipinski definition) is 7. The zero-order valence-electron chi connectivity index (χ0n) is 23.7. The summed E-state index contributed by atoms with van der Waals surface area (Å²) in [6.07, 6.45) is -4.11. The lowest BCUT2D eigenvalue weighted by atomic mass is 10.0. The molecule has 2 aliphatic rings. The molecule has 6 atom stereocenters. The Morgan fingerprint density at radius 2 is 1.14 bits per heavy atom. The number of nitrogens with zero attached hydrogens (tertiary/aromatic N) is 2. The molecule has 10 nitrogen and oxygen atoms in total. The predicted octanol–water partition coefficient (Wildman–Crippen LogP) is 4.61. The van der Waals surface area contributed by atoms with Crippen molar-refractivity contribution in [2.45, 2.75) is 58.4 Å². The number of carboxylic acids is 1. The molecule has 42 heavy (non-hydrogen) atoms. The van der Waals surface area contributed by atoms with Crippen LogP contribution in [-0.2, 0) is 37.0 Å². The lowest BCUT2D eigenvalue weighted by molar-refractivity contribution is -0.149. The smallest absolute Gasteiger partial charge is 0.410 e. The highest BCUT2D eigenvalue weighted by Crippen LogP contribution is 2.29. The molecule has 2 aliphatic heterocycles. The van der Waals surface area contributed by atoms with E-state index in [1.165, 1.54) is 6.92 Å². The van der Waals surface area contributed by atoms with Gasteiger partial charge in [0.25, 0.3) is 0 Å². The number of hydrogen-bond donors (Lipinski definition) is 1. The lowest BCUT2D eigenvalue weighted by Crippen LogP contribution is -2.44. The molecule has 0 radical (unpaired) electrons.